The van der Waals surface area contributed by atoms with Gasteiger partial charge >= 0.3 is 0 Å². The maximum Gasteiger partial charge on any atom is 0.253 e. The Bertz CT molecular complexity index is 466. The second kappa shape index (κ2) is 5.93. The average Bonchev–Trinajstić information content (AvgIpc) is 2.35. The topological polar surface area (TPSA) is 20.3 Å². The molecule has 1 aliphatic heterocycles. The van der Waals surface area contributed by atoms with E-state index in [9.17, 15) is 4.79 Å². The summed E-state index contributed by atoms with van der Waals surface area (Å²) in [5.41, 5.74) is 0.650. The van der Waals surface area contributed by atoms with Crippen LogP contribution in [-0.4, -0.2) is 28.7 Å². The molecule has 1 heterocycles. The first-order chi connectivity index (χ1) is 8.49. The molecule has 2 rings (SSSR count). The van der Waals surface area contributed by atoms with Crippen molar-refractivity contribution in [3.8, 4) is 0 Å². The van der Waals surface area contributed by atoms with Gasteiger partial charge in [0, 0.05) is 28.0 Å². The SMILES string of the molecule is CC1CCN(C(=O)c2ccc(Br)c(Cl)c2)CC1Br. The molecule has 5 heteroatoms. The lowest BCUT2D eigenvalue weighted by atomic mass is 9.98. The van der Waals surface area contributed by atoms with Crippen molar-refractivity contribution < 1.29 is 4.79 Å². The zero-order chi connectivity index (χ0) is 13.3. The molecule has 0 radical (unpaired) electrons. The van der Waals surface area contributed by atoms with E-state index in [2.05, 4.69) is 38.8 Å². The lowest BCUT2D eigenvalue weighted by Gasteiger charge is -2.34. The van der Waals surface area contributed by atoms with Crippen molar-refractivity contribution in [1.29, 1.82) is 0 Å². The van der Waals surface area contributed by atoms with Crippen LogP contribution in [0.4, 0.5) is 0 Å². The average molecular weight is 396 g/mol. The van der Waals surface area contributed by atoms with Gasteiger partial charge in [0.05, 0.1) is 5.02 Å². The van der Waals surface area contributed by atoms with E-state index in [-0.39, 0.29) is 5.91 Å². The fraction of sp³-hybridized carbons (Fsp3) is 0.462. The van der Waals surface area contributed by atoms with E-state index in [0.717, 1.165) is 24.0 Å². The number of hydrogen-bond acceptors (Lipinski definition) is 1. The summed E-state index contributed by atoms with van der Waals surface area (Å²) < 4.78 is 0.811. The molecule has 18 heavy (non-hydrogen) atoms. The standard InChI is InChI=1S/C13H14Br2ClNO/c1-8-4-5-17(7-11(8)15)13(18)9-2-3-10(14)12(16)6-9/h2-3,6,8,11H,4-5,7H2,1H3. The lowest BCUT2D eigenvalue weighted by Crippen LogP contribution is -2.43. The fourth-order valence-corrected chi connectivity index (χ4v) is 3.06. The van der Waals surface area contributed by atoms with Gasteiger partial charge in [-0.25, -0.2) is 0 Å². The summed E-state index contributed by atoms with van der Waals surface area (Å²) in [4.78, 5) is 14.6. The van der Waals surface area contributed by atoms with Crippen LogP contribution in [0.15, 0.2) is 22.7 Å². The number of likely N-dealkylation sites (tertiary alicyclic amines) is 1. The summed E-state index contributed by atoms with van der Waals surface area (Å²) in [5.74, 6) is 0.670. The van der Waals surface area contributed by atoms with Crippen LogP contribution >= 0.6 is 43.5 Å². The Hall–Kier alpha value is -0.0600. The van der Waals surface area contributed by atoms with E-state index < -0.39 is 0 Å². The summed E-state index contributed by atoms with van der Waals surface area (Å²) in [6.45, 7) is 3.78. The van der Waals surface area contributed by atoms with Gasteiger partial charge < -0.3 is 4.90 Å². The smallest absolute Gasteiger partial charge is 0.253 e. The summed E-state index contributed by atoms with van der Waals surface area (Å²) in [6.07, 6.45) is 1.03. The first-order valence-corrected chi connectivity index (χ1v) is 7.96. The van der Waals surface area contributed by atoms with Crippen molar-refractivity contribution in [2.45, 2.75) is 18.2 Å². The van der Waals surface area contributed by atoms with E-state index in [1.165, 1.54) is 0 Å². The van der Waals surface area contributed by atoms with Crippen molar-refractivity contribution in [2.75, 3.05) is 13.1 Å². The molecule has 1 saturated heterocycles. The number of carbonyl (C=O) groups is 1. The molecule has 1 aliphatic rings. The Labute approximate surface area is 129 Å². The highest BCUT2D eigenvalue weighted by molar-refractivity contribution is 9.10. The minimum Gasteiger partial charge on any atom is -0.338 e. The Morgan fingerprint density at radius 1 is 1.50 bits per heavy atom. The second-order valence-electron chi connectivity index (χ2n) is 4.66. The molecule has 0 saturated carbocycles. The van der Waals surface area contributed by atoms with Crippen LogP contribution in [0.1, 0.15) is 23.7 Å². The molecule has 1 aromatic rings. The van der Waals surface area contributed by atoms with Gasteiger partial charge in [-0.05, 0) is 46.5 Å². The van der Waals surface area contributed by atoms with Gasteiger partial charge in [-0.15, -0.1) is 0 Å². The predicted molar refractivity (Wildman–Crippen MR) is 81.6 cm³/mol. The molecular weight excluding hydrogens is 381 g/mol. The molecule has 2 unspecified atom stereocenters. The maximum absolute atomic E-state index is 12.3. The molecule has 1 fully saturated rings. The molecule has 2 nitrogen and oxygen atoms in total. The van der Waals surface area contributed by atoms with E-state index in [4.69, 9.17) is 11.6 Å². The van der Waals surface area contributed by atoms with Gasteiger partial charge in [-0.2, -0.15) is 0 Å². The van der Waals surface area contributed by atoms with E-state index in [1.54, 1.807) is 12.1 Å². The Balaban J connectivity index is 2.14. The first-order valence-electron chi connectivity index (χ1n) is 5.87. The van der Waals surface area contributed by atoms with Crippen LogP contribution in [0.3, 0.4) is 0 Å². The largest absolute Gasteiger partial charge is 0.338 e. The third-order valence-electron chi connectivity index (χ3n) is 3.32. The van der Waals surface area contributed by atoms with E-state index in [0.29, 0.717) is 21.3 Å². The van der Waals surface area contributed by atoms with Crippen molar-refractivity contribution in [1.82, 2.24) is 4.90 Å². The van der Waals surface area contributed by atoms with Crippen LogP contribution < -0.4 is 0 Å². The molecule has 1 amide bonds. The number of rotatable bonds is 1. The van der Waals surface area contributed by atoms with Gasteiger partial charge in [-0.3, -0.25) is 4.79 Å². The number of amides is 1. The normalized spacial score (nSPS) is 24.1. The number of piperidine rings is 1. The summed E-state index contributed by atoms with van der Waals surface area (Å²) in [5, 5.41) is 0.571. The minimum atomic E-state index is 0.0563. The molecule has 0 N–H and O–H groups in total. The second-order valence-corrected chi connectivity index (χ2v) is 7.10. The van der Waals surface area contributed by atoms with Crippen LogP contribution in [0, 0.1) is 5.92 Å². The Morgan fingerprint density at radius 3 is 2.83 bits per heavy atom. The van der Waals surface area contributed by atoms with Crippen molar-refractivity contribution in [3.63, 3.8) is 0 Å². The molecule has 0 bridgehead atoms. The van der Waals surface area contributed by atoms with Crippen molar-refractivity contribution >= 4 is 49.4 Å². The number of nitrogens with zero attached hydrogens (tertiary/aromatic N) is 1. The maximum atomic E-state index is 12.3. The molecule has 1 aromatic carbocycles. The quantitative estimate of drug-likeness (QED) is 0.648. The number of halogens is 3. The third-order valence-corrected chi connectivity index (χ3v) is 5.74. The Kier molecular flexibility index (Phi) is 4.73. The molecule has 98 valence electrons. The molecule has 0 aromatic heterocycles. The summed E-state index contributed by atoms with van der Waals surface area (Å²) >= 11 is 13.0. The monoisotopic (exact) mass is 393 g/mol. The van der Waals surface area contributed by atoms with Gasteiger partial charge in [0.2, 0.25) is 0 Å². The number of alkyl halides is 1. The van der Waals surface area contributed by atoms with Crippen molar-refractivity contribution in [3.05, 3.63) is 33.3 Å². The van der Waals surface area contributed by atoms with Gasteiger partial charge in [0.15, 0.2) is 0 Å². The molecular formula is C13H14Br2ClNO. The van der Waals surface area contributed by atoms with E-state index in [1.807, 2.05) is 11.0 Å². The zero-order valence-corrected chi connectivity index (χ0v) is 13.9. The highest BCUT2D eigenvalue weighted by atomic mass is 79.9. The zero-order valence-electron chi connectivity index (χ0n) is 10.00. The minimum absolute atomic E-state index is 0.0563. The summed E-state index contributed by atoms with van der Waals surface area (Å²) in [6, 6.07) is 5.34. The predicted octanol–water partition coefficient (Wildman–Crippen LogP) is 4.35. The Morgan fingerprint density at radius 2 is 2.22 bits per heavy atom. The van der Waals surface area contributed by atoms with Gasteiger partial charge in [0.1, 0.15) is 0 Å². The number of hydrogen-bond donors (Lipinski definition) is 0. The summed E-state index contributed by atoms with van der Waals surface area (Å²) in [7, 11) is 0. The molecule has 0 spiro atoms. The lowest BCUT2D eigenvalue weighted by molar-refractivity contribution is 0.0706. The van der Waals surface area contributed by atoms with E-state index >= 15 is 0 Å². The highest BCUT2D eigenvalue weighted by Gasteiger charge is 2.27. The van der Waals surface area contributed by atoms with Crippen LogP contribution in [-0.2, 0) is 0 Å². The number of benzene rings is 1. The molecule has 0 aliphatic carbocycles. The van der Waals surface area contributed by atoms with Crippen LogP contribution in [0.5, 0.6) is 0 Å². The van der Waals surface area contributed by atoms with Gasteiger partial charge in [-0.1, -0.05) is 34.5 Å². The molecule has 2 atom stereocenters. The number of carbonyl (C=O) groups excluding carboxylic acids is 1. The third kappa shape index (κ3) is 3.09. The van der Waals surface area contributed by atoms with Gasteiger partial charge in [0.25, 0.3) is 5.91 Å². The highest BCUT2D eigenvalue weighted by Crippen LogP contribution is 2.27. The van der Waals surface area contributed by atoms with Crippen LogP contribution in [0.25, 0.3) is 0 Å². The first kappa shape index (κ1) is 14.4. The van der Waals surface area contributed by atoms with Crippen molar-refractivity contribution in [2.24, 2.45) is 5.92 Å². The fourth-order valence-electron chi connectivity index (χ4n) is 2.02. The van der Waals surface area contributed by atoms with Crippen LogP contribution in [0.2, 0.25) is 5.02 Å².